The summed E-state index contributed by atoms with van der Waals surface area (Å²) in [5.74, 6) is 0. The summed E-state index contributed by atoms with van der Waals surface area (Å²) in [5.41, 5.74) is 0. The Hall–Kier alpha value is -0.780. The van der Waals surface area contributed by atoms with Crippen molar-refractivity contribution in [1.29, 1.82) is 0 Å². The molecule has 0 bridgehead atoms. The fraction of sp³-hybridized carbons (Fsp3) is 0.333. The average molecular weight is 123 g/mol. The van der Waals surface area contributed by atoms with Crippen LogP contribution in [0, 0.1) is 0 Å². The third-order valence-corrected chi connectivity index (χ3v) is 0.925. The molecule has 0 saturated carbocycles. The molecule has 0 spiro atoms. The molecule has 0 radical (unpaired) electrons. The highest BCUT2D eigenvalue weighted by molar-refractivity contribution is 5.08. The summed E-state index contributed by atoms with van der Waals surface area (Å²) in [6.07, 6.45) is 11.9. The van der Waals surface area contributed by atoms with E-state index in [2.05, 4.69) is 13.0 Å². The van der Waals surface area contributed by atoms with Gasteiger partial charge in [0, 0.05) is 0 Å². The Morgan fingerprint density at radius 3 is 3.00 bits per heavy atom. The number of allylic oxidation sites excluding steroid dienone is 5. The van der Waals surface area contributed by atoms with E-state index in [1.807, 2.05) is 18.2 Å². The Balaban J connectivity index is 3.32. The van der Waals surface area contributed by atoms with Crippen LogP contribution in [0.5, 0.6) is 0 Å². The van der Waals surface area contributed by atoms with Crippen LogP contribution in [-0.4, -0.2) is 0 Å². The van der Waals surface area contributed by atoms with Crippen LogP contribution in [0.3, 0.4) is 0 Å². The lowest BCUT2D eigenvalue weighted by Crippen LogP contribution is -1.57. The number of unbranched alkanes of at least 4 members (excludes halogenated alkanes) is 1. The molecule has 0 rings (SSSR count). The van der Waals surface area contributed by atoms with Crippen molar-refractivity contribution < 1.29 is 1.37 Å². The predicted octanol–water partition coefficient (Wildman–Crippen LogP) is 3.08. The third kappa shape index (κ3) is 7.22. The molecule has 0 amide bonds. The molecular formula is C9H14. The van der Waals surface area contributed by atoms with Crippen molar-refractivity contribution in [2.24, 2.45) is 0 Å². The maximum atomic E-state index is 6.66. The average Bonchev–Trinajstić information content (AvgIpc) is 1.97. The van der Waals surface area contributed by atoms with Crippen molar-refractivity contribution in [2.45, 2.75) is 19.8 Å². The molecule has 0 aromatic carbocycles. The zero-order chi connectivity index (χ0) is 7.66. The van der Waals surface area contributed by atoms with Gasteiger partial charge in [0.1, 0.15) is 0 Å². The van der Waals surface area contributed by atoms with Crippen molar-refractivity contribution in [1.82, 2.24) is 0 Å². The summed E-state index contributed by atoms with van der Waals surface area (Å²) < 4.78 is 6.66. The van der Waals surface area contributed by atoms with Gasteiger partial charge >= 0.3 is 0 Å². The fourth-order valence-corrected chi connectivity index (χ4v) is 0.470. The summed E-state index contributed by atoms with van der Waals surface area (Å²) in [5, 5.41) is 0. The Bertz CT molecular complexity index is 132. The molecule has 0 saturated heterocycles. The van der Waals surface area contributed by atoms with Gasteiger partial charge in [-0.15, -0.1) is 0 Å². The van der Waals surface area contributed by atoms with Gasteiger partial charge in [-0.2, -0.15) is 0 Å². The van der Waals surface area contributed by atoms with Gasteiger partial charge < -0.3 is 0 Å². The third-order valence-electron chi connectivity index (χ3n) is 0.925. The lowest BCUT2D eigenvalue weighted by Gasteiger charge is -1.78. The van der Waals surface area contributed by atoms with E-state index in [1.165, 1.54) is 13.0 Å². The summed E-state index contributed by atoms with van der Waals surface area (Å²) >= 11 is 0. The largest absolute Gasteiger partial charge is 0.0991 e. The fourth-order valence-electron chi connectivity index (χ4n) is 0.470. The van der Waals surface area contributed by atoms with E-state index in [0.717, 1.165) is 6.42 Å². The summed E-state index contributed by atoms with van der Waals surface area (Å²) in [6, 6.07) is 0. The summed E-state index contributed by atoms with van der Waals surface area (Å²) in [6.45, 7) is 3.42. The molecular weight excluding hydrogens is 108 g/mol. The second-order valence-electron chi connectivity index (χ2n) is 1.79. The highest BCUT2D eigenvalue weighted by atomic mass is 13.7. The minimum Gasteiger partial charge on any atom is -0.0991 e. The molecule has 0 aliphatic heterocycles. The lowest BCUT2D eigenvalue weighted by atomic mass is 10.3. The van der Waals surface area contributed by atoms with E-state index >= 15 is 0 Å². The monoisotopic (exact) mass is 123 g/mol. The normalized spacial score (nSPS) is 14.1. The van der Waals surface area contributed by atoms with E-state index in [1.54, 1.807) is 6.08 Å². The zero-order valence-electron chi connectivity index (χ0n) is 6.88. The van der Waals surface area contributed by atoms with Crippen LogP contribution in [0.1, 0.15) is 21.1 Å². The molecule has 9 heavy (non-hydrogen) atoms. The molecule has 0 aliphatic carbocycles. The zero-order valence-corrected chi connectivity index (χ0v) is 5.88. The quantitative estimate of drug-likeness (QED) is 0.504. The van der Waals surface area contributed by atoms with Crippen LogP contribution in [0.15, 0.2) is 36.9 Å². The maximum absolute atomic E-state index is 6.66. The molecule has 0 unspecified atom stereocenters. The van der Waals surface area contributed by atoms with Crippen molar-refractivity contribution >= 4 is 0 Å². The molecule has 0 heterocycles. The van der Waals surface area contributed by atoms with Gasteiger partial charge in [0.2, 0.25) is 0 Å². The van der Waals surface area contributed by atoms with E-state index in [-0.39, 0.29) is 0 Å². The summed E-state index contributed by atoms with van der Waals surface area (Å²) in [4.78, 5) is 0. The first kappa shape index (κ1) is 6.34. The number of rotatable bonds is 4. The molecule has 0 aromatic rings. The maximum Gasteiger partial charge on any atom is 0.0538 e. The Kier molecular flexibility index (Phi) is 5.09. The molecule has 0 atom stereocenters. The topological polar surface area (TPSA) is 0 Å². The first-order valence-corrected chi connectivity index (χ1v) is 3.28. The van der Waals surface area contributed by atoms with Crippen LogP contribution in [0.2, 0.25) is 0 Å². The van der Waals surface area contributed by atoms with Crippen LogP contribution in [0.4, 0.5) is 0 Å². The van der Waals surface area contributed by atoms with Crippen LogP contribution in [0.25, 0.3) is 0 Å². The number of hydrogen-bond acceptors (Lipinski definition) is 0. The highest BCUT2D eigenvalue weighted by Gasteiger charge is 1.67. The van der Waals surface area contributed by atoms with E-state index < -0.39 is 0 Å². The Morgan fingerprint density at radius 2 is 2.33 bits per heavy atom. The van der Waals surface area contributed by atoms with Crippen molar-refractivity contribution in [3.8, 4) is 0 Å². The Morgan fingerprint density at radius 1 is 1.44 bits per heavy atom. The van der Waals surface area contributed by atoms with Gasteiger partial charge in [0.05, 0.1) is 1.37 Å². The van der Waals surface area contributed by atoms with Crippen molar-refractivity contribution in [3.05, 3.63) is 36.9 Å². The Labute approximate surface area is 59.0 Å². The first-order valence-electron chi connectivity index (χ1n) is 3.86. The van der Waals surface area contributed by atoms with Gasteiger partial charge in [0.15, 0.2) is 0 Å². The molecule has 0 nitrogen and oxygen atoms in total. The van der Waals surface area contributed by atoms with Gasteiger partial charge in [-0.3, -0.25) is 0 Å². The molecule has 0 aliphatic rings. The van der Waals surface area contributed by atoms with Gasteiger partial charge in [0.25, 0.3) is 0 Å². The van der Waals surface area contributed by atoms with Gasteiger partial charge in [-0.1, -0.05) is 50.3 Å². The minimum atomic E-state index is 1.13. The van der Waals surface area contributed by atoms with E-state index in [0.29, 0.717) is 0 Å². The highest BCUT2D eigenvalue weighted by Crippen LogP contribution is 1.88. The standard InChI is InChI=1S/C9H14/c1-3-5-7-9-8-6-4-2/h3,5,7-9H,1,4,6H2,2H3/i1D. The number of hydrogen-bond donors (Lipinski definition) is 0. The van der Waals surface area contributed by atoms with E-state index in [4.69, 9.17) is 1.37 Å². The second kappa shape index (κ2) is 7.22. The van der Waals surface area contributed by atoms with Crippen LogP contribution >= 0.6 is 0 Å². The SMILES string of the molecule is [2H]C=CC=CC=CCCC. The minimum absolute atomic E-state index is 1.13. The predicted molar refractivity (Wildman–Crippen MR) is 43.4 cm³/mol. The smallest absolute Gasteiger partial charge is 0.0538 e. The summed E-state index contributed by atoms with van der Waals surface area (Å²) in [7, 11) is 0. The van der Waals surface area contributed by atoms with E-state index in [9.17, 15) is 0 Å². The molecule has 50 valence electrons. The van der Waals surface area contributed by atoms with Crippen molar-refractivity contribution in [3.63, 3.8) is 0 Å². The van der Waals surface area contributed by atoms with Crippen LogP contribution in [-0.2, 0) is 0 Å². The molecule has 0 aromatic heterocycles. The molecule has 0 heteroatoms. The van der Waals surface area contributed by atoms with Crippen LogP contribution < -0.4 is 0 Å². The van der Waals surface area contributed by atoms with Gasteiger partial charge in [-0.05, 0) is 6.42 Å². The van der Waals surface area contributed by atoms with Gasteiger partial charge in [-0.25, -0.2) is 0 Å². The molecule has 0 fully saturated rings. The second-order valence-corrected chi connectivity index (χ2v) is 1.79. The van der Waals surface area contributed by atoms with Crippen molar-refractivity contribution in [2.75, 3.05) is 0 Å². The molecule has 0 N–H and O–H groups in total. The lowest BCUT2D eigenvalue weighted by molar-refractivity contribution is 0.959. The first-order chi connectivity index (χ1) is 4.91.